The number of benzene rings is 3. The van der Waals surface area contributed by atoms with Crippen molar-refractivity contribution in [2.45, 2.75) is 33.9 Å². The van der Waals surface area contributed by atoms with Gasteiger partial charge in [-0.1, -0.05) is 30.3 Å². The van der Waals surface area contributed by atoms with Crippen molar-refractivity contribution in [2.24, 2.45) is 0 Å². The molecule has 3 rings (SSSR count). The molecule has 0 amide bonds. The van der Waals surface area contributed by atoms with Crippen molar-refractivity contribution in [3.63, 3.8) is 0 Å². The van der Waals surface area contributed by atoms with E-state index >= 15 is 0 Å². The van der Waals surface area contributed by atoms with Crippen molar-refractivity contribution in [1.29, 1.82) is 0 Å². The number of nitrogens with one attached hydrogen (secondary N) is 1. The quantitative estimate of drug-likeness (QED) is 0.349. The standard InChI is InChI=1S/C24H25FINO2/c1-4-28-23-13-18(14-27-22-11-7-8-16(2)17(22)3)12-21(26)24(23)29-15-19-9-5-6-10-20(19)25/h5-13,27H,4,14-15H2,1-3H3. The summed E-state index contributed by atoms with van der Waals surface area (Å²) in [5.74, 6) is 1.05. The zero-order valence-corrected chi connectivity index (χ0v) is 19.0. The summed E-state index contributed by atoms with van der Waals surface area (Å²) in [5.41, 5.74) is 5.25. The molecule has 0 spiro atoms. The highest BCUT2D eigenvalue weighted by Crippen LogP contribution is 2.35. The molecule has 0 bridgehead atoms. The SMILES string of the molecule is CCOc1cc(CNc2cccc(C)c2C)cc(I)c1OCc1ccccc1F. The Labute approximate surface area is 185 Å². The van der Waals surface area contributed by atoms with E-state index in [1.54, 1.807) is 18.2 Å². The summed E-state index contributed by atoms with van der Waals surface area (Å²) in [7, 11) is 0. The molecule has 3 aromatic carbocycles. The molecular weight excluding hydrogens is 480 g/mol. The molecule has 0 aromatic heterocycles. The van der Waals surface area contributed by atoms with E-state index < -0.39 is 0 Å². The molecule has 0 radical (unpaired) electrons. The Morgan fingerprint density at radius 2 is 1.79 bits per heavy atom. The van der Waals surface area contributed by atoms with E-state index in [1.165, 1.54) is 17.2 Å². The van der Waals surface area contributed by atoms with Crippen LogP contribution < -0.4 is 14.8 Å². The van der Waals surface area contributed by atoms with Crippen molar-refractivity contribution in [1.82, 2.24) is 0 Å². The second-order valence-corrected chi connectivity index (χ2v) is 7.98. The predicted molar refractivity (Wildman–Crippen MR) is 124 cm³/mol. The van der Waals surface area contributed by atoms with Gasteiger partial charge in [-0.2, -0.15) is 0 Å². The molecular formula is C24H25FINO2. The fourth-order valence-corrected chi connectivity index (χ4v) is 3.85. The van der Waals surface area contributed by atoms with Gasteiger partial charge in [0.2, 0.25) is 0 Å². The van der Waals surface area contributed by atoms with Crippen LogP contribution in [0.1, 0.15) is 29.2 Å². The summed E-state index contributed by atoms with van der Waals surface area (Å²) in [5, 5.41) is 3.50. The Kier molecular flexibility index (Phi) is 7.36. The third-order valence-electron chi connectivity index (χ3n) is 4.79. The van der Waals surface area contributed by atoms with Gasteiger partial charge in [0.05, 0.1) is 10.2 Å². The average molecular weight is 505 g/mol. The first kappa shape index (κ1) is 21.4. The Bertz CT molecular complexity index is 991. The van der Waals surface area contributed by atoms with Gasteiger partial charge in [0, 0.05) is 17.8 Å². The molecule has 1 N–H and O–H groups in total. The summed E-state index contributed by atoms with van der Waals surface area (Å²) < 4.78 is 26.6. The smallest absolute Gasteiger partial charge is 0.174 e. The number of hydrogen-bond donors (Lipinski definition) is 1. The van der Waals surface area contributed by atoms with Gasteiger partial charge in [0.25, 0.3) is 0 Å². The summed E-state index contributed by atoms with van der Waals surface area (Å²) >= 11 is 2.24. The van der Waals surface area contributed by atoms with E-state index in [9.17, 15) is 4.39 Å². The molecule has 5 heteroatoms. The number of aryl methyl sites for hydroxylation is 1. The first-order valence-corrected chi connectivity index (χ1v) is 10.7. The van der Waals surface area contributed by atoms with E-state index in [0.29, 0.717) is 30.2 Å². The number of hydrogen-bond acceptors (Lipinski definition) is 3. The van der Waals surface area contributed by atoms with Crippen LogP contribution in [-0.2, 0) is 13.2 Å². The minimum Gasteiger partial charge on any atom is -0.490 e. The largest absolute Gasteiger partial charge is 0.490 e. The van der Waals surface area contributed by atoms with Crippen molar-refractivity contribution in [3.05, 3.63) is 86.2 Å². The molecule has 0 saturated carbocycles. The second kappa shape index (κ2) is 9.96. The Morgan fingerprint density at radius 3 is 2.55 bits per heavy atom. The molecule has 0 saturated heterocycles. The molecule has 0 fully saturated rings. The molecule has 0 aliphatic carbocycles. The summed E-state index contributed by atoms with van der Waals surface area (Å²) in [6.07, 6.45) is 0. The van der Waals surface area contributed by atoms with Crippen molar-refractivity contribution in [2.75, 3.05) is 11.9 Å². The molecule has 0 unspecified atom stereocenters. The minimum atomic E-state index is -0.269. The predicted octanol–water partition coefficient (Wildman–Crippen LogP) is 6.64. The lowest BCUT2D eigenvalue weighted by Gasteiger charge is -2.17. The maximum atomic E-state index is 13.9. The number of halogens is 2. The lowest BCUT2D eigenvalue weighted by atomic mass is 10.1. The lowest BCUT2D eigenvalue weighted by molar-refractivity contribution is 0.264. The monoisotopic (exact) mass is 505 g/mol. The zero-order valence-electron chi connectivity index (χ0n) is 16.9. The van der Waals surface area contributed by atoms with Crippen LogP contribution in [0.15, 0.2) is 54.6 Å². The van der Waals surface area contributed by atoms with Crippen LogP contribution in [0.3, 0.4) is 0 Å². The van der Waals surface area contributed by atoms with Crippen LogP contribution >= 0.6 is 22.6 Å². The van der Waals surface area contributed by atoms with E-state index in [0.717, 1.165) is 14.8 Å². The lowest BCUT2D eigenvalue weighted by Crippen LogP contribution is -2.06. The second-order valence-electron chi connectivity index (χ2n) is 6.82. The van der Waals surface area contributed by atoms with Crippen LogP contribution in [0.2, 0.25) is 0 Å². The van der Waals surface area contributed by atoms with E-state index in [1.807, 2.05) is 13.0 Å². The van der Waals surface area contributed by atoms with Gasteiger partial charge in [-0.3, -0.25) is 0 Å². The number of ether oxygens (including phenoxy) is 2. The van der Waals surface area contributed by atoms with Gasteiger partial charge in [-0.25, -0.2) is 4.39 Å². The van der Waals surface area contributed by atoms with Crippen LogP contribution in [0.25, 0.3) is 0 Å². The molecule has 0 heterocycles. The van der Waals surface area contributed by atoms with Gasteiger partial charge >= 0.3 is 0 Å². The fourth-order valence-electron chi connectivity index (χ4n) is 3.03. The minimum absolute atomic E-state index is 0.156. The topological polar surface area (TPSA) is 30.5 Å². The first-order valence-electron chi connectivity index (χ1n) is 9.61. The van der Waals surface area contributed by atoms with E-state index in [4.69, 9.17) is 9.47 Å². The zero-order chi connectivity index (χ0) is 20.8. The fraction of sp³-hybridized carbons (Fsp3) is 0.250. The highest BCUT2D eigenvalue weighted by molar-refractivity contribution is 14.1. The molecule has 29 heavy (non-hydrogen) atoms. The molecule has 3 nitrogen and oxygen atoms in total. The third kappa shape index (κ3) is 5.41. The highest BCUT2D eigenvalue weighted by Gasteiger charge is 2.14. The Hall–Kier alpha value is -2.28. The van der Waals surface area contributed by atoms with Crippen LogP contribution in [0, 0.1) is 23.2 Å². The van der Waals surface area contributed by atoms with Gasteiger partial charge in [-0.15, -0.1) is 0 Å². The molecule has 152 valence electrons. The number of anilines is 1. The third-order valence-corrected chi connectivity index (χ3v) is 5.59. The van der Waals surface area contributed by atoms with Crippen LogP contribution in [0.5, 0.6) is 11.5 Å². The molecule has 0 atom stereocenters. The van der Waals surface area contributed by atoms with Gasteiger partial charge in [-0.05, 0) is 84.3 Å². The summed E-state index contributed by atoms with van der Waals surface area (Å²) in [6, 6.07) is 16.9. The van der Waals surface area contributed by atoms with E-state index in [2.05, 4.69) is 66.0 Å². The number of rotatable bonds is 8. The van der Waals surface area contributed by atoms with Crippen LogP contribution in [0.4, 0.5) is 10.1 Å². The highest BCUT2D eigenvalue weighted by atomic mass is 127. The van der Waals surface area contributed by atoms with Crippen molar-refractivity contribution in [3.8, 4) is 11.5 Å². The van der Waals surface area contributed by atoms with Gasteiger partial charge < -0.3 is 14.8 Å². The van der Waals surface area contributed by atoms with E-state index in [-0.39, 0.29) is 12.4 Å². The normalized spacial score (nSPS) is 10.7. The maximum Gasteiger partial charge on any atom is 0.174 e. The van der Waals surface area contributed by atoms with Gasteiger partial charge in [0.1, 0.15) is 12.4 Å². The average Bonchev–Trinajstić information content (AvgIpc) is 2.70. The van der Waals surface area contributed by atoms with Crippen molar-refractivity contribution >= 4 is 28.3 Å². The van der Waals surface area contributed by atoms with Crippen LogP contribution in [-0.4, -0.2) is 6.61 Å². The maximum absolute atomic E-state index is 13.9. The Morgan fingerprint density at radius 1 is 1.00 bits per heavy atom. The van der Waals surface area contributed by atoms with Crippen molar-refractivity contribution < 1.29 is 13.9 Å². The van der Waals surface area contributed by atoms with Gasteiger partial charge in [0.15, 0.2) is 11.5 Å². The molecule has 0 aliphatic rings. The molecule has 3 aromatic rings. The first-order chi connectivity index (χ1) is 14.0. The molecule has 0 aliphatic heterocycles. The summed E-state index contributed by atoms with van der Waals surface area (Å²) in [6.45, 7) is 7.52. The Balaban J connectivity index is 1.78. The summed E-state index contributed by atoms with van der Waals surface area (Å²) in [4.78, 5) is 0.